The van der Waals surface area contributed by atoms with Gasteiger partial charge in [-0.15, -0.1) is 10.2 Å². The number of nitrogens with one attached hydrogen (secondary N) is 1. The fourth-order valence-electron chi connectivity index (χ4n) is 2.81. The van der Waals surface area contributed by atoms with Crippen LogP contribution in [0.4, 0.5) is 4.79 Å². The SMILES string of the molecule is CC(C)CONC(=O)N1CCC(c2nnc3ccccn23)CC1. The maximum atomic E-state index is 12.0. The van der Waals surface area contributed by atoms with Crippen LogP contribution in [0.1, 0.15) is 38.4 Å². The lowest BCUT2D eigenvalue weighted by atomic mass is 9.96. The van der Waals surface area contributed by atoms with Crippen LogP contribution in [-0.4, -0.2) is 45.2 Å². The molecule has 0 aromatic carbocycles. The molecule has 0 aliphatic carbocycles. The number of carbonyl (C=O) groups is 1. The third kappa shape index (κ3) is 3.61. The van der Waals surface area contributed by atoms with Crippen molar-refractivity contribution in [3.63, 3.8) is 0 Å². The average molecular weight is 317 g/mol. The molecule has 1 aliphatic rings. The second-order valence-corrected chi connectivity index (χ2v) is 6.36. The van der Waals surface area contributed by atoms with E-state index in [1.54, 1.807) is 4.90 Å². The molecule has 1 fully saturated rings. The summed E-state index contributed by atoms with van der Waals surface area (Å²) in [6.45, 7) is 6.00. The molecule has 3 rings (SSSR count). The molecule has 23 heavy (non-hydrogen) atoms. The highest BCUT2D eigenvalue weighted by Gasteiger charge is 2.26. The van der Waals surface area contributed by atoms with Crippen LogP contribution in [0.5, 0.6) is 0 Å². The first kappa shape index (κ1) is 15.7. The van der Waals surface area contributed by atoms with Crippen molar-refractivity contribution in [1.82, 2.24) is 25.0 Å². The Morgan fingerprint density at radius 2 is 2.13 bits per heavy atom. The lowest BCUT2D eigenvalue weighted by molar-refractivity contribution is 0.0302. The van der Waals surface area contributed by atoms with Crippen LogP contribution in [0, 0.1) is 5.92 Å². The topological polar surface area (TPSA) is 71.8 Å². The van der Waals surface area contributed by atoms with Crippen molar-refractivity contribution >= 4 is 11.7 Å². The van der Waals surface area contributed by atoms with Crippen LogP contribution in [-0.2, 0) is 4.84 Å². The molecule has 0 atom stereocenters. The first-order chi connectivity index (χ1) is 11.1. The quantitative estimate of drug-likeness (QED) is 0.878. The number of urea groups is 1. The molecule has 0 saturated carbocycles. The van der Waals surface area contributed by atoms with Gasteiger partial charge in [-0.1, -0.05) is 19.9 Å². The summed E-state index contributed by atoms with van der Waals surface area (Å²) in [6, 6.07) is 5.73. The van der Waals surface area contributed by atoms with E-state index in [-0.39, 0.29) is 6.03 Å². The van der Waals surface area contributed by atoms with Gasteiger partial charge in [0.15, 0.2) is 5.65 Å². The van der Waals surface area contributed by atoms with Gasteiger partial charge >= 0.3 is 6.03 Å². The zero-order valence-corrected chi connectivity index (χ0v) is 13.6. The van der Waals surface area contributed by atoms with Crippen molar-refractivity contribution in [3.8, 4) is 0 Å². The minimum absolute atomic E-state index is 0.157. The summed E-state index contributed by atoms with van der Waals surface area (Å²) >= 11 is 0. The number of hydroxylamine groups is 1. The maximum Gasteiger partial charge on any atom is 0.341 e. The molecular weight excluding hydrogens is 294 g/mol. The summed E-state index contributed by atoms with van der Waals surface area (Å²) in [7, 11) is 0. The number of fused-ring (bicyclic) bond motifs is 1. The first-order valence-corrected chi connectivity index (χ1v) is 8.11. The fourth-order valence-corrected chi connectivity index (χ4v) is 2.81. The van der Waals surface area contributed by atoms with E-state index >= 15 is 0 Å². The standard InChI is InChI=1S/C16H23N5O2/c1-12(2)11-23-19-16(22)20-9-6-13(7-10-20)15-18-17-14-5-3-4-8-21(14)15/h3-5,8,12-13H,6-7,9-11H2,1-2H3,(H,19,22). The van der Waals surface area contributed by atoms with E-state index in [0.717, 1.165) is 24.3 Å². The highest BCUT2D eigenvalue weighted by atomic mass is 16.7. The molecule has 1 saturated heterocycles. The highest BCUT2D eigenvalue weighted by Crippen LogP contribution is 2.27. The van der Waals surface area contributed by atoms with E-state index in [1.807, 2.05) is 42.6 Å². The molecular formula is C16H23N5O2. The van der Waals surface area contributed by atoms with Gasteiger partial charge < -0.3 is 4.90 Å². The van der Waals surface area contributed by atoms with Gasteiger partial charge in [-0.25, -0.2) is 10.3 Å². The number of carbonyl (C=O) groups excluding carboxylic acids is 1. The summed E-state index contributed by atoms with van der Waals surface area (Å²) in [5.41, 5.74) is 3.38. The van der Waals surface area contributed by atoms with Crippen LogP contribution >= 0.6 is 0 Å². The van der Waals surface area contributed by atoms with E-state index < -0.39 is 0 Å². The largest absolute Gasteiger partial charge is 0.341 e. The van der Waals surface area contributed by atoms with Crippen LogP contribution in [0.3, 0.4) is 0 Å². The number of hydrogen-bond donors (Lipinski definition) is 1. The zero-order valence-electron chi connectivity index (χ0n) is 13.6. The third-order valence-electron chi connectivity index (χ3n) is 4.06. The molecule has 2 aromatic heterocycles. The summed E-state index contributed by atoms with van der Waals surface area (Å²) in [4.78, 5) is 19.0. The highest BCUT2D eigenvalue weighted by molar-refractivity contribution is 5.73. The van der Waals surface area contributed by atoms with Crippen LogP contribution < -0.4 is 5.48 Å². The molecule has 0 radical (unpaired) electrons. The minimum atomic E-state index is -0.157. The van der Waals surface area contributed by atoms with Crippen molar-refractivity contribution < 1.29 is 9.63 Å². The first-order valence-electron chi connectivity index (χ1n) is 8.11. The third-order valence-corrected chi connectivity index (χ3v) is 4.06. The minimum Gasteiger partial charge on any atom is -0.323 e. The molecule has 124 valence electrons. The molecule has 3 heterocycles. The van der Waals surface area contributed by atoms with E-state index in [2.05, 4.69) is 15.7 Å². The molecule has 0 unspecified atom stereocenters. The molecule has 1 N–H and O–H groups in total. The summed E-state index contributed by atoms with van der Waals surface area (Å²) in [5.74, 6) is 1.70. The van der Waals surface area contributed by atoms with Gasteiger partial charge in [0.25, 0.3) is 0 Å². The lowest BCUT2D eigenvalue weighted by Gasteiger charge is -2.31. The van der Waals surface area contributed by atoms with E-state index in [4.69, 9.17) is 4.84 Å². The van der Waals surface area contributed by atoms with Gasteiger partial charge in [-0.2, -0.15) is 0 Å². The van der Waals surface area contributed by atoms with Crippen molar-refractivity contribution in [2.45, 2.75) is 32.6 Å². The van der Waals surface area contributed by atoms with Crippen molar-refractivity contribution in [3.05, 3.63) is 30.2 Å². The Morgan fingerprint density at radius 1 is 1.35 bits per heavy atom. The Hall–Kier alpha value is -2.15. The second-order valence-electron chi connectivity index (χ2n) is 6.36. The van der Waals surface area contributed by atoms with Gasteiger partial charge in [0.1, 0.15) is 5.82 Å². The van der Waals surface area contributed by atoms with E-state index in [0.29, 0.717) is 31.5 Å². The number of aromatic nitrogens is 3. The molecule has 7 heteroatoms. The Balaban J connectivity index is 1.55. The van der Waals surface area contributed by atoms with Gasteiger partial charge in [0.2, 0.25) is 0 Å². The van der Waals surface area contributed by atoms with Gasteiger partial charge in [-0.05, 0) is 30.9 Å². The van der Waals surface area contributed by atoms with Crippen LogP contribution in [0.25, 0.3) is 5.65 Å². The predicted octanol–water partition coefficient (Wildman–Crippen LogP) is 2.21. The van der Waals surface area contributed by atoms with Gasteiger partial charge in [0, 0.05) is 25.2 Å². The second kappa shape index (κ2) is 6.95. The molecule has 0 spiro atoms. The molecule has 1 aliphatic heterocycles. The Labute approximate surface area is 135 Å². The Bertz CT molecular complexity index is 661. The lowest BCUT2D eigenvalue weighted by Crippen LogP contribution is -2.44. The van der Waals surface area contributed by atoms with E-state index in [9.17, 15) is 4.79 Å². The molecule has 7 nitrogen and oxygen atoms in total. The average Bonchev–Trinajstić information content (AvgIpc) is 2.98. The van der Waals surface area contributed by atoms with E-state index in [1.165, 1.54) is 0 Å². The van der Waals surface area contributed by atoms with Crippen molar-refractivity contribution in [2.24, 2.45) is 5.92 Å². The molecule has 2 aromatic rings. The number of piperidine rings is 1. The number of pyridine rings is 1. The predicted molar refractivity (Wildman–Crippen MR) is 85.9 cm³/mol. The summed E-state index contributed by atoms with van der Waals surface area (Å²) < 4.78 is 2.03. The number of nitrogens with zero attached hydrogens (tertiary/aromatic N) is 4. The van der Waals surface area contributed by atoms with Crippen LogP contribution in [0.15, 0.2) is 24.4 Å². The Morgan fingerprint density at radius 3 is 2.87 bits per heavy atom. The number of hydrogen-bond acceptors (Lipinski definition) is 4. The monoisotopic (exact) mass is 317 g/mol. The molecule has 2 amide bonds. The van der Waals surface area contributed by atoms with Gasteiger partial charge in [0.05, 0.1) is 6.61 Å². The molecule has 0 bridgehead atoms. The Kier molecular flexibility index (Phi) is 4.76. The normalized spacial score (nSPS) is 16.2. The maximum absolute atomic E-state index is 12.0. The van der Waals surface area contributed by atoms with Crippen molar-refractivity contribution in [2.75, 3.05) is 19.7 Å². The summed E-state index contributed by atoms with van der Waals surface area (Å²) in [5, 5.41) is 8.53. The fraction of sp³-hybridized carbons (Fsp3) is 0.562. The summed E-state index contributed by atoms with van der Waals surface area (Å²) in [6.07, 6.45) is 3.75. The van der Waals surface area contributed by atoms with Crippen LogP contribution in [0.2, 0.25) is 0 Å². The number of likely N-dealkylation sites (tertiary alicyclic amines) is 1. The zero-order chi connectivity index (χ0) is 16.2. The number of amides is 2. The van der Waals surface area contributed by atoms with Gasteiger partial charge in [-0.3, -0.25) is 9.24 Å². The van der Waals surface area contributed by atoms with Crippen molar-refractivity contribution in [1.29, 1.82) is 0 Å². The number of rotatable bonds is 4. The smallest absolute Gasteiger partial charge is 0.323 e.